The van der Waals surface area contributed by atoms with Crippen molar-refractivity contribution in [1.29, 1.82) is 0 Å². The van der Waals surface area contributed by atoms with Gasteiger partial charge in [-0.05, 0) is 55.7 Å². The average Bonchev–Trinajstić information content (AvgIpc) is 2.66. The first-order valence-corrected chi connectivity index (χ1v) is 11.8. The van der Waals surface area contributed by atoms with E-state index in [1.165, 1.54) is 13.8 Å². The summed E-state index contributed by atoms with van der Waals surface area (Å²) in [7, 11) is -8.89. The Morgan fingerprint density at radius 3 is 1.39 bits per heavy atom. The van der Waals surface area contributed by atoms with E-state index in [1.807, 2.05) is 0 Å². The minimum absolute atomic E-state index is 0. The van der Waals surface area contributed by atoms with Crippen LogP contribution in [0.15, 0.2) is 56.2 Å². The Morgan fingerprint density at radius 2 is 1.09 bits per heavy atom. The van der Waals surface area contributed by atoms with Crippen LogP contribution in [0.3, 0.4) is 0 Å². The van der Waals surface area contributed by atoms with Crippen molar-refractivity contribution in [3.05, 3.63) is 47.5 Å². The van der Waals surface area contributed by atoms with Crippen LogP contribution in [-0.4, -0.2) is 50.5 Å². The van der Waals surface area contributed by atoms with Gasteiger partial charge in [-0.25, -0.2) is 0 Å². The summed E-state index contributed by atoms with van der Waals surface area (Å²) in [5.41, 5.74) is 0.679. The fourth-order valence-electron chi connectivity index (χ4n) is 2.64. The third-order valence-electron chi connectivity index (χ3n) is 4.29. The molecular formula is C19H20N2Na2O8S2. The van der Waals surface area contributed by atoms with Crippen molar-refractivity contribution in [2.45, 2.75) is 30.1 Å². The molecule has 0 unspecified atom stereocenters. The molecule has 0 atom stereocenters. The molecule has 2 rings (SSSR count). The fraction of sp³-hybridized carbons (Fsp3) is 0.263. The van der Waals surface area contributed by atoms with E-state index in [1.54, 1.807) is 0 Å². The maximum absolute atomic E-state index is 11.9. The molecule has 2 aromatic carbocycles. The monoisotopic (exact) mass is 514 g/mol. The van der Waals surface area contributed by atoms with Crippen LogP contribution in [0.1, 0.15) is 31.4 Å². The number of benzene rings is 2. The largest absolute Gasteiger partial charge is 1.00 e. The Kier molecular flexibility index (Phi) is 13.0. The minimum Gasteiger partial charge on any atom is -0.872 e. The Balaban J connectivity index is 0.00000512. The number of hydrogen-bond acceptors (Lipinski definition) is 8. The van der Waals surface area contributed by atoms with Gasteiger partial charge < -0.3 is 10.2 Å². The van der Waals surface area contributed by atoms with Crippen molar-refractivity contribution in [2.75, 3.05) is 13.1 Å². The Hall–Kier alpha value is -0.800. The first kappa shape index (κ1) is 32.2. The van der Waals surface area contributed by atoms with E-state index < -0.39 is 41.5 Å². The van der Waals surface area contributed by atoms with Crippen LogP contribution >= 0.6 is 0 Å². The second-order valence-corrected chi connectivity index (χ2v) is 9.40. The normalized spacial score (nSPS) is 12.6. The van der Waals surface area contributed by atoms with Crippen molar-refractivity contribution in [3.63, 3.8) is 0 Å². The molecule has 33 heavy (non-hydrogen) atoms. The summed E-state index contributed by atoms with van der Waals surface area (Å²) >= 11 is 0. The third kappa shape index (κ3) is 9.40. The van der Waals surface area contributed by atoms with Crippen LogP contribution in [0.4, 0.5) is 0 Å². The smallest absolute Gasteiger partial charge is 0.872 e. The Bertz CT molecular complexity index is 1160. The molecule has 0 amide bonds. The molecule has 0 aromatic heterocycles. The van der Waals surface area contributed by atoms with Crippen molar-refractivity contribution >= 4 is 31.7 Å². The van der Waals surface area contributed by atoms with Gasteiger partial charge in [0.1, 0.15) is 0 Å². The summed E-state index contributed by atoms with van der Waals surface area (Å²) in [5, 5.41) is 23.9. The van der Waals surface area contributed by atoms with Gasteiger partial charge in [0.2, 0.25) is 0 Å². The standard InChI is InChI=1S/C19H22N2O8S2.2Na/c1-12(16-10-14(30(24,25)26)4-6-18(16)22)20-8-3-9-21-13(2)17-11-15(31(27,28)29)5-7-19(17)23;;/h4-7,10-11,22-23H,3,8-9H2,1-2H3,(H,24,25,26)(H,27,28,29);;/q;2*+1/p-2. The molecule has 0 aliphatic heterocycles. The predicted octanol–water partition coefficient (Wildman–Crippen LogP) is -4.96. The van der Waals surface area contributed by atoms with Gasteiger partial charge in [-0.2, -0.15) is 16.8 Å². The van der Waals surface area contributed by atoms with Crippen LogP contribution in [0.2, 0.25) is 0 Å². The van der Waals surface area contributed by atoms with E-state index in [0.29, 0.717) is 17.8 Å². The summed E-state index contributed by atoms with van der Waals surface area (Å²) in [6.07, 6.45) is 0.424. The van der Waals surface area contributed by atoms with Crippen molar-refractivity contribution in [2.24, 2.45) is 9.98 Å². The SMILES string of the molecule is CC(=NCCCN=C(C)c1cc(S(=O)(=O)O)ccc1[O-])c1cc(S(=O)(=O)O)ccc1[O-].[Na+].[Na+]. The summed E-state index contributed by atoms with van der Waals surface area (Å²) in [5.74, 6) is -0.881. The van der Waals surface area contributed by atoms with Crippen LogP contribution in [0, 0.1) is 0 Å². The fourth-order valence-corrected chi connectivity index (χ4v) is 3.65. The quantitative estimate of drug-likeness (QED) is 0.152. The van der Waals surface area contributed by atoms with Gasteiger partial charge in [0, 0.05) is 24.5 Å². The van der Waals surface area contributed by atoms with Gasteiger partial charge in [-0.1, -0.05) is 23.6 Å². The molecule has 0 aliphatic carbocycles. The third-order valence-corrected chi connectivity index (χ3v) is 5.99. The van der Waals surface area contributed by atoms with E-state index >= 15 is 0 Å². The van der Waals surface area contributed by atoms with Crippen LogP contribution in [0.25, 0.3) is 0 Å². The van der Waals surface area contributed by atoms with Crippen LogP contribution in [0.5, 0.6) is 11.5 Å². The molecular weight excluding hydrogens is 494 g/mol. The van der Waals surface area contributed by atoms with Gasteiger partial charge in [0.15, 0.2) is 0 Å². The number of aliphatic imine (C=N–C) groups is 2. The molecule has 0 aliphatic rings. The molecule has 0 radical (unpaired) electrons. The van der Waals surface area contributed by atoms with Gasteiger partial charge >= 0.3 is 59.1 Å². The van der Waals surface area contributed by atoms with Crippen molar-refractivity contribution < 1.29 is 95.3 Å². The average molecular weight is 514 g/mol. The molecule has 0 fully saturated rings. The molecule has 0 saturated heterocycles. The summed E-state index contributed by atoms with van der Waals surface area (Å²) in [6, 6.07) is 6.19. The van der Waals surface area contributed by atoms with Gasteiger partial charge in [-0.15, -0.1) is 0 Å². The molecule has 14 heteroatoms. The Morgan fingerprint density at radius 1 is 0.758 bits per heavy atom. The summed E-state index contributed by atoms with van der Waals surface area (Å²) < 4.78 is 63.1. The zero-order valence-electron chi connectivity index (χ0n) is 18.6. The number of nitrogens with zero attached hydrogens (tertiary/aromatic N) is 2. The van der Waals surface area contributed by atoms with E-state index in [2.05, 4.69) is 9.98 Å². The van der Waals surface area contributed by atoms with E-state index in [0.717, 1.165) is 36.4 Å². The maximum Gasteiger partial charge on any atom is 1.00 e. The van der Waals surface area contributed by atoms with E-state index in [9.17, 15) is 27.0 Å². The second-order valence-electron chi connectivity index (χ2n) is 6.55. The maximum atomic E-state index is 11.9. The van der Waals surface area contributed by atoms with Gasteiger partial charge in [0.05, 0.1) is 9.79 Å². The summed E-state index contributed by atoms with van der Waals surface area (Å²) in [6.45, 7) is 3.55. The van der Waals surface area contributed by atoms with Crippen molar-refractivity contribution in [3.8, 4) is 11.5 Å². The molecule has 0 bridgehead atoms. The first-order chi connectivity index (χ1) is 14.3. The zero-order chi connectivity index (χ0) is 23.4. The van der Waals surface area contributed by atoms with Crippen LogP contribution < -0.4 is 69.3 Å². The van der Waals surface area contributed by atoms with Crippen molar-refractivity contribution in [1.82, 2.24) is 0 Å². The van der Waals surface area contributed by atoms with Gasteiger partial charge in [0.25, 0.3) is 20.2 Å². The second kappa shape index (κ2) is 13.3. The molecule has 2 aromatic rings. The van der Waals surface area contributed by atoms with E-state index in [-0.39, 0.29) is 83.3 Å². The molecule has 0 heterocycles. The number of hydrogen-bond donors (Lipinski definition) is 2. The molecule has 168 valence electrons. The van der Waals surface area contributed by atoms with Gasteiger partial charge in [-0.3, -0.25) is 19.1 Å². The van der Waals surface area contributed by atoms with Crippen LogP contribution in [-0.2, 0) is 20.2 Å². The predicted molar refractivity (Wildman–Crippen MR) is 110 cm³/mol. The first-order valence-electron chi connectivity index (χ1n) is 8.90. The minimum atomic E-state index is -4.45. The molecule has 10 nitrogen and oxygen atoms in total. The molecule has 0 saturated carbocycles. The molecule has 0 spiro atoms. The summed E-state index contributed by atoms with van der Waals surface area (Å²) in [4.78, 5) is 7.61. The molecule has 2 N–H and O–H groups in total. The Labute approximate surface area is 237 Å². The van der Waals surface area contributed by atoms with E-state index in [4.69, 9.17) is 9.11 Å². The number of rotatable bonds is 8. The topological polar surface area (TPSA) is 180 Å². The zero-order valence-corrected chi connectivity index (χ0v) is 24.3.